The summed E-state index contributed by atoms with van der Waals surface area (Å²) < 4.78 is 34.4. The van der Waals surface area contributed by atoms with E-state index >= 15 is 0 Å². The first-order valence-corrected chi connectivity index (χ1v) is 14.9. The fourth-order valence-corrected chi connectivity index (χ4v) is 5.97. The molecule has 10 heteroatoms. The van der Waals surface area contributed by atoms with Crippen LogP contribution < -0.4 is 14.4 Å². The fourth-order valence-electron chi connectivity index (χ4n) is 4.36. The Morgan fingerprint density at radius 3 is 2.25 bits per heavy atom. The van der Waals surface area contributed by atoms with E-state index < -0.39 is 28.5 Å². The number of halogens is 1. The summed E-state index contributed by atoms with van der Waals surface area (Å²) in [4.78, 5) is 28.9. The number of anilines is 1. The van der Waals surface area contributed by atoms with Crippen molar-refractivity contribution in [1.82, 2.24) is 10.2 Å². The van der Waals surface area contributed by atoms with E-state index in [0.717, 1.165) is 15.4 Å². The molecule has 214 valence electrons. The average molecular weight is 586 g/mol. The Bertz CT molecular complexity index is 1430. The Labute approximate surface area is 241 Å². The van der Waals surface area contributed by atoms with Crippen LogP contribution in [0.25, 0.3) is 0 Å². The lowest BCUT2D eigenvalue weighted by molar-refractivity contribution is -0.140. The van der Waals surface area contributed by atoms with Crippen molar-refractivity contribution in [3.05, 3.63) is 88.9 Å². The lowest BCUT2D eigenvalue weighted by Gasteiger charge is -2.34. The normalized spacial score (nSPS) is 12.1. The minimum atomic E-state index is -4.24. The molecule has 0 saturated heterocycles. The fraction of sp³-hybridized carbons (Fsp3) is 0.333. The summed E-state index contributed by atoms with van der Waals surface area (Å²) in [7, 11) is -2.83. The van der Waals surface area contributed by atoms with Crippen molar-refractivity contribution in [2.45, 2.75) is 57.6 Å². The van der Waals surface area contributed by atoms with Crippen molar-refractivity contribution in [1.29, 1.82) is 0 Å². The Balaban J connectivity index is 2.13. The highest BCUT2D eigenvalue weighted by atomic mass is 35.5. The van der Waals surface area contributed by atoms with Gasteiger partial charge < -0.3 is 15.0 Å². The van der Waals surface area contributed by atoms with Crippen molar-refractivity contribution in [2.75, 3.05) is 18.0 Å². The summed E-state index contributed by atoms with van der Waals surface area (Å²) in [6, 6.07) is 19.0. The van der Waals surface area contributed by atoms with Crippen LogP contribution in [-0.2, 0) is 26.2 Å². The highest BCUT2D eigenvalue weighted by molar-refractivity contribution is 7.92. The first-order chi connectivity index (χ1) is 19.0. The van der Waals surface area contributed by atoms with Gasteiger partial charge in [-0.05, 0) is 68.7 Å². The average Bonchev–Trinajstić information content (AvgIpc) is 2.92. The molecule has 3 aromatic carbocycles. The van der Waals surface area contributed by atoms with E-state index in [9.17, 15) is 18.0 Å². The van der Waals surface area contributed by atoms with Gasteiger partial charge in [-0.3, -0.25) is 13.9 Å². The van der Waals surface area contributed by atoms with E-state index in [-0.39, 0.29) is 39.8 Å². The molecule has 0 saturated carbocycles. The van der Waals surface area contributed by atoms with E-state index in [4.69, 9.17) is 16.3 Å². The number of benzene rings is 3. The molecule has 40 heavy (non-hydrogen) atoms. The highest BCUT2D eigenvalue weighted by Crippen LogP contribution is 2.35. The predicted octanol–water partition coefficient (Wildman–Crippen LogP) is 5.18. The zero-order valence-corrected chi connectivity index (χ0v) is 25.0. The third-order valence-corrected chi connectivity index (χ3v) is 8.45. The second-order valence-corrected chi connectivity index (χ2v) is 12.0. The topological polar surface area (TPSA) is 96.0 Å². The molecule has 0 aliphatic rings. The maximum Gasteiger partial charge on any atom is 0.264 e. The van der Waals surface area contributed by atoms with Gasteiger partial charge in [-0.2, -0.15) is 0 Å². The van der Waals surface area contributed by atoms with Gasteiger partial charge in [-0.15, -0.1) is 0 Å². The Kier molecular flexibility index (Phi) is 10.6. The lowest BCUT2D eigenvalue weighted by Crippen LogP contribution is -2.53. The van der Waals surface area contributed by atoms with Gasteiger partial charge >= 0.3 is 0 Å². The van der Waals surface area contributed by atoms with Crippen LogP contribution in [0.1, 0.15) is 38.3 Å². The number of rotatable bonds is 12. The SMILES string of the molecule is CC[C@@H](C(=O)NC(C)C)N(Cc1ccccc1C)C(=O)CN(c1cc(Cl)ccc1OC)S(=O)(=O)c1ccccc1. The zero-order valence-electron chi connectivity index (χ0n) is 23.4. The second-order valence-electron chi connectivity index (χ2n) is 9.68. The third-order valence-electron chi connectivity index (χ3n) is 6.44. The molecule has 3 rings (SSSR count). The Morgan fingerprint density at radius 2 is 1.65 bits per heavy atom. The Hall–Kier alpha value is -3.56. The minimum Gasteiger partial charge on any atom is -0.495 e. The van der Waals surface area contributed by atoms with Crippen molar-refractivity contribution < 1.29 is 22.7 Å². The molecule has 8 nitrogen and oxygen atoms in total. The van der Waals surface area contributed by atoms with Crippen molar-refractivity contribution in [3.63, 3.8) is 0 Å². The van der Waals surface area contributed by atoms with Gasteiger partial charge in [0.15, 0.2) is 0 Å². The number of hydrogen-bond acceptors (Lipinski definition) is 5. The van der Waals surface area contributed by atoms with Gasteiger partial charge in [0.05, 0.1) is 17.7 Å². The van der Waals surface area contributed by atoms with Crippen molar-refractivity contribution >= 4 is 39.1 Å². The van der Waals surface area contributed by atoms with Crippen LogP contribution in [-0.4, -0.2) is 50.9 Å². The number of amides is 2. The number of ether oxygens (including phenoxy) is 1. The summed E-state index contributed by atoms with van der Waals surface area (Å²) >= 11 is 6.28. The number of sulfonamides is 1. The smallest absolute Gasteiger partial charge is 0.264 e. The molecule has 0 aliphatic heterocycles. The standard InChI is InChI=1S/C30H36ClN3O5S/c1-6-26(30(36)32-21(2)3)33(19-23-13-11-10-12-22(23)4)29(35)20-34(27-18-24(31)16-17-28(27)39-5)40(37,38)25-14-8-7-9-15-25/h7-18,21,26H,6,19-20H2,1-5H3,(H,32,36)/t26-/m0/s1. The molecule has 2 amide bonds. The largest absolute Gasteiger partial charge is 0.495 e. The molecule has 0 aromatic heterocycles. The van der Waals surface area contributed by atoms with Crippen molar-refractivity contribution in [3.8, 4) is 5.75 Å². The molecule has 0 bridgehead atoms. The van der Waals surface area contributed by atoms with Gasteiger partial charge in [0, 0.05) is 17.6 Å². The number of methoxy groups -OCH3 is 1. The van der Waals surface area contributed by atoms with Gasteiger partial charge in [0.25, 0.3) is 10.0 Å². The zero-order chi connectivity index (χ0) is 29.4. The van der Waals surface area contributed by atoms with E-state index in [2.05, 4.69) is 5.32 Å². The number of hydrogen-bond donors (Lipinski definition) is 1. The Morgan fingerprint density at radius 1 is 1.00 bits per heavy atom. The summed E-state index contributed by atoms with van der Waals surface area (Å²) in [5.41, 5.74) is 1.91. The third kappa shape index (κ3) is 7.34. The molecule has 0 spiro atoms. The number of nitrogens with one attached hydrogen (secondary N) is 1. The van der Waals surface area contributed by atoms with E-state index in [1.165, 1.54) is 30.2 Å². The van der Waals surface area contributed by atoms with Crippen LogP contribution in [0.5, 0.6) is 5.75 Å². The van der Waals surface area contributed by atoms with E-state index in [0.29, 0.717) is 6.42 Å². The number of carbonyl (C=O) groups is 2. The molecular formula is C30H36ClN3O5S. The quantitative estimate of drug-likeness (QED) is 0.316. The monoisotopic (exact) mass is 585 g/mol. The van der Waals surface area contributed by atoms with Crippen LogP contribution in [0.3, 0.4) is 0 Å². The first-order valence-electron chi connectivity index (χ1n) is 13.0. The van der Waals surface area contributed by atoms with Gasteiger partial charge in [0.1, 0.15) is 18.3 Å². The van der Waals surface area contributed by atoms with Crippen LogP contribution in [0.4, 0.5) is 5.69 Å². The summed E-state index contributed by atoms with van der Waals surface area (Å²) in [5.74, 6) is -0.625. The van der Waals surface area contributed by atoms with Gasteiger partial charge in [-0.25, -0.2) is 8.42 Å². The van der Waals surface area contributed by atoms with Crippen molar-refractivity contribution in [2.24, 2.45) is 0 Å². The van der Waals surface area contributed by atoms with Crippen LogP contribution in [0.2, 0.25) is 5.02 Å². The molecule has 0 radical (unpaired) electrons. The summed E-state index contributed by atoms with van der Waals surface area (Å²) in [6.07, 6.45) is 0.335. The lowest BCUT2D eigenvalue weighted by atomic mass is 10.1. The molecule has 1 N–H and O–H groups in total. The van der Waals surface area contributed by atoms with Gasteiger partial charge in [-0.1, -0.05) is 61.0 Å². The van der Waals surface area contributed by atoms with Gasteiger partial charge in [0.2, 0.25) is 11.8 Å². The highest BCUT2D eigenvalue weighted by Gasteiger charge is 2.35. The summed E-state index contributed by atoms with van der Waals surface area (Å²) in [6.45, 7) is 6.99. The summed E-state index contributed by atoms with van der Waals surface area (Å²) in [5, 5.41) is 3.17. The number of aryl methyl sites for hydroxylation is 1. The number of carbonyl (C=O) groups excluding carboxylic acids is 2. The second kappa shape index (κ2) is 13.7. The molecule has 0 aliphatic carbocycles. The number of nitrogens with zero attached hydrogens (tertiary/aromatic N) is 2. The predicted molar refractivity (Wildman–Crippen MR) is 158 cm³/mol. The maximum absolute atomic E-state index is 14.2. The molecule has 0 heterocycles. The molecule has 1 atom stereocenters. The van der Waals surface area contributed by atoms with E-state index in [1.54, 1.807) is 30.3 Å². The molecule has 3 aromatic rings. The van der Waals surface area contributed by atoms with E-state index in [1.807, 2.05) is 52.0 Å². The molecular weight excluding hydrogens is 550 g/mol. The van der Waals surface area contributed by atoms with Crippen LogP contribution in [0, 0.1) is 6.92 Å². The van der Waals surface area contributed by atoms with Crippen LogP contribution >= 0.6 is 11.6 Å². The van der Waals surface area contributed by atoms with Crippen LogP contribution in [0.15, 0.2) is 77.7 Å². The minimum absolute atomic E-state index is 0.000116. The first kappa shape index (κ1) is 31.0. The molecule has 0 unspecified atom stereocenters. The molecule has 0 fully saturated rings. The maximum atomic E-state index is 14.2.